The monoisotopic (exact) mass is 285 g/mol. The first-order chi connectivity index (χ1) is 10.1. The van der Waals surface area contributed by atoms with Gasteiger partial charge >= 0.3 is 0 Å². The van der Waals surface area contributed by atoms with Crippen LogP contribution in [0.15, 0.2) is 12.1 Å². The van der Waals surface area contributed by atoms with E-state index in [2.05, 4.69) is 11.9 Å². The Morgan fingerprint density at radius 3 is 3.14 bits per heavy atom. The summed E-state index contributed by atoms with van der Waals surface area (Å²) in [5, 5.41) is 10.2. The van der Waals surface area contributed by atoms with Crippen molar-refractivity contribution < 1.29 is 14.6 Å². The van der Waals surface area contributed by atoms with E-state index in [1.165, 1.54) is 5.56 Å². The largest absolute Gasteiger partial charge is 0.504 e. The SMILES string of the molecule is CN1CCC23c4c5ccc(O)c4O[C@H]2C(=O)CCC3C1C5. The molecule has 21 heavy (non-hydrogen) atoms. The normalized spacial score (nSPS) is 39.9. The third kappa shape index (κ3) is 1.20. The summed E-state index contributed by atoms with van der Waals surface area (Å²) in [4.78, 5) is 14.9. The fourth-order valence-corrected chi connectivity index (χ4v) is 5.52. The number of hydrogen-bond acceptors (Lipinski definition) is 4. The highest BCUT2D eigenvalue weighted by molar-refractivity contribution is 5.89. The van der Waals surface area contributed by atoms with Crippen LogP contribution >= 0.6 is 0 Å². The predicted molar refractivity (Wildman–Crippen MR) is 76.7 cm³/mol. The van der Waals surface area contributed by atoms with Gasteiger partial charge in [0.15, 0.2) is 23.4 Å². The molecule has 2 fully saturated rings. The smallest absolute Gasteiger partial charge is 0.174 e. The molecule has 1 aromatic carbocycles. The number of likely N-dealkylation sites (N-methyl/N-ethyl adjacent to an activating group) is 1. The minimum atomic E-state index is -0.366. The number of ketones is 1. The van der Waals surface area contributed by atoms with E-state index in [1.807, 2.05) is 6.07 Å². The number of phenols is 1. The number of nitrogens with zero attached hydrogens (tertiary/aromatic N) is 1. The summed E-state index contributed by atoms with van der Waals surface area (Å²) in [6.07, 6.45) is 3.18. The molecule has 2 bridgehead atoms. The number of carbonyl (C=O) groups excluding carboxylic acids is 1. The van der Waals surface area contributed by atoms with Crippen molar-refractivity contribution in [2.75, 3.05) is 13.6 Å². The Hall–Kier alpha value is -1.55. The fourth-order valence-electron chi connectivity index (χ4n) is 5.52. The number of rotatable bonds is 0. The van der Waals surface area contributed by atoms with Crippen molar-refractivity contribution in [3.63, 3.8) is 0 Å². The zero-order chi connectivity index (χ0) is 14.4. The molecule has 5 rings (SSSR count). The summed E-state index contributed by atoms with van der Waals surface area (Å²) in [7, 11) is 2.20. The summed E-state index contributed by atoms with van der Waals surface area (Å²) >= 11 is 0. The van der Waals surface area contributed by atoms with Gasteiger partial charge in [0.1, 0.15) is 0 Å². The molecule has 2 heterocycles. The molecule has 4 atom stereocenters. The van der Waals surface area contributed by atoms with E-state index in [4.69, 9.17) is 4.74 Å². The average molecular weight is 285 g/mol. The lowest BCUT2D eigenvalue weighted by molar-refractivity contribution is -0.138. The first-order valence-electron chi connectivity index (χ1n) is 7.88. The van der Waals surface area contributed by atoms with E-state index in [0.717, 1.165) is 31.4 Å². The van der Waals surface area contributed by atoms with Gasteiger partial charge in [0.05, 0.1) is 0 Å². The van der Waals surface area contributed by atoms with E-state index < -0.39 is 0 Å². The van der Waals surface area contributed by atoms with E-state index in [1.54, 1.807) is 6.07 Å². The minimum absolute atomic E-state index is 0.172. The summed E-state index contributed by atoms with van der Waals surface area (Å²) < 4.78 is 6.04. The van der Waals surface area contributed by atoms with Crippen molar-refractivity contribution in [3.8, 4) is 11.5 Å². The van der Waals surface area contributed by atoms with Gasteiger partial charge in [-0.2, -0.15) is 0 Å². The molecule has 1 saturated carbocycles. The van der Waals surface area contributed by atoms with Crippen molar-refractivity contribution in [2.24, 2.45) is 5.92 Å². The second kappa shape index (κ2) is 3.61. The van der Waals surface area contributed by atoms with Crippen molar-refractivity contribution >= 4 is 5.78 Å². The van der Waals surface area contributed by atoms with Crippen LogP contribution in [0.4, 0.5) is 0 Å². The van der Waals surface area contributed by atoms with Crippen LogP contribution in [-0.2, 0) is 16.6 Å². The summed E-state index contributed by atoms with van der Waals surface area (Å²) in [5.74, 6) is 1.50. The highest BCUT2D eigenvalue weighted by Crippen LogP contribution is 2.62. The van der Waals surface area contributed by atoms with Crippen LogP contribution in [-0.4, -0.2) is 41.5 Å². The molecule has 2 aliphatic heterocycles. The molecule has 1 aromatic rings. The lowest BCUT2D eigenvalue weighted by Gasteiger charge is -2.57. The number of aromatic hydroxyl groups is 1. The minimum Gasteiger partial charge on any atom is -0.504 e. The van der Waals surface area contributed by atoms with E-state index in [0.29, 0.717) is 24.1 Å². The summed E-state index contributed by atoms with van der Waals surface area (Å²) in [6, 6.07) is 4.26. The second-order valence-electron chi connectivity index (χ2n) is 7.10. The van der Waals surface area contributed by atoms with Gasteiger partial charge in [-0.05, 0) is 50.4 Å². The Kier molecular flexibility index (Phi) is 2.07. The number of Topliss-reactive ketones (excluding diaryl/α,β-unsaturated/α-hetero) is 1. The highest BCUT2D eigenvalue weighted by Gasteiger charge is 2.65. The first-order valence-corrected chi connectivity index (χ1v) is 7.88. The van der Waals surface area contributed by atoms with Crippen LogP contribution in [0.25, 0.3) is 0 Å². The molecule has 4 heteroatoms. The number of carbonyl (C=O) groups is 1. The number of piperidine rings is 1. The lowest BCUT2D eigenvalue weighted by Crippen LogP contribution is -2.65. The molecular weight excluding hydrogens is 266 g/mol. The number of phenolic OH excluding ortho intramolecular Hbond substituents is 1. The standard InChI is InChI=1S/C17H19NO3/c1-18-7-6-17-10-3-5-13(20)16(17)21-15-12(19)4-2-9(14(15)17)8-11(10)18/h2,4,10-11,16,19H,3,5-8H2,1H3/t10?,11?,16-,17?/m0/s1. The number of benzene rings is 1. The zero-order valence-electron chi connectivity index (χ0n) is 12.1. The Balaban J connectivity index is 1.83. The summed E-state index contributed by atoms with van der Waals surface area (Å²) in [6.45, 7) is 1.00. The Bertz CT molecular complexity index is 670. The van der Waals surface area contributed by atoms with Crippen molar-refractivity contribution in [1.29, 1.82) is 0 Å². The van der Waals surface area contributed by atoms with Crippen LogP contribution in [0.1, 0.15) is 30.4 Å². The van der Waals surface area contributed by atoms with Gasteiger partial charge in [0, 0.05) is 23.4 Å². The Morgan fingerprint density at radius 2 is 2.29 bits per heavy atom. The van der Waals surface area contributed by atoms with E-state index in [-0.39, 0.29) is 23.1 Å². The van der Waals surface area contributed by atoms with E-state index in [9.17, 15) is 9.90 Å². The van der Waals surface area contributed by atoms with Gasteiger partial charge in [-0.3, -0.25) is 4.79 Å². The molecule has 4 aliphatic rings. The molecule has 4 nitrogen and oxygen atoms in total. The maximum atomic E-state index is 12.5. The lowest BCUT2D eigenvalue weighted by atomic mass is 9.52. The maximum Gasteiger partial charge on any atom is 0.174 e. The van der Waals surface area contributed by atoms with Crippen molar-refractivity contribution in [1.82, 2.24) is 4.90 Å². The molecule has 1 saturated heterocycles. The van der Waals surface area contributed by atoms with Crippen LogP contribution < -0.4 is 4.74 Å². The third-order valence-corrected chi connectivity index (χ3v) is 6.39. The topological polar surface area (TPSA) is 49.8 Å². The van der Waals surface area contributed by atoms with Gasteiger partial charge in [0.2, 0.25) is 0 Å². The van der Waals surface area contributed by atoms with Crippen molar-refractivity contribution in [2.45, 2.75) is 43.2 Å². The molecular formula is C17H19NO3. The van der Waals surface area contributed by atoms with Crippen LogP contribution in [0, 0.1) is 5.92 Å². The molecule has 0 aromatic heterocycles. The van der Waals surface area contributed by atoms with Crippen LogP contribution in [0.5, 0.6) is 11.5 Å². The number of hydrogen-bond donors (Lipinski definition) is 1. The molecule has 0 radical (unpaired) electrons. The average Bonchev–Trinajstić information content (AvgIpc) is 2.83. The predicted octanol–water partition coefficient (Wildman–Crippen LogP) is 1.63. The Labute approximate surface area is 123 Å². The zero-order valence-corrected chi connectivity index (χ0v) is 12.1. The fraction of sp³-hybridized carbons (Fsp3) is 0.588. The van der Waals surface area contributed by atoms with Gasteiger partial charge in [-0.25, -0.2) is 0 Å². The quantitative estimate of drug-likeness (QED) is 0.787. The molecule has 110 valence electrons. The molecule has 0 amide bonds. The molecule has 1 spiro atoms. The highest BCUT2D eigenvalue weighted by atomic mass is 16.5. The molecule has 3 unspecified atom stereocenters. The van der Waals surface area contributed by atoms with Gasteiger partial charge in [-0.15, -0.1) is 0 Å². The number of likely N-dealkylation sites (tertiary alicyclic amines) is 1. The summed E-state index contributed by atoms with van der Waals surface area (Å²) in [5.41, 5.74) is 2.26. The maximum absolute atomic E-state index is 12.5. The van der Waals surface area contributed by atoms with E-state index >= 15 is 0 Å². The van der Waals surface area contributed by atoms with Gasteiger partial charge < -0.3 is 14.7 Å². The van der Waals surface area contributed by atoms with Gasteiger partial charge in [-0.1, -0.05) is 6.07 Å². The van der Waals surface area contributed by atoms with Gasteiger partial charge in [0.25, 0.3) is 0 Å². The second-order valence-corrected chi connectivity index (χ2v) is 7.10. The Morgan fingerprint density at radius 1 is 1.43 bits per heavy atom. The molecule has 1 N–H and O–H groups in total. The first kappa shape index (κ1) is 12.0. The van der Waals surface area contributed by atoms with Crippen LogP contribution in [0.3, 0.4) is 0 Å². The van der Waals surface area contributed by atoms with Crippen LogP contribution in [0.2, 0.25) is 0 Å². The number of ether oxygens (including phenoxy) is 1. The third-order valence-electron chi connectivity index (χ3n) is 6.39. The molecule has 2 aliphatic carbocycles. The van der Waals surface area contributed by atoms with Crippen molar-refractivity contribution in [3.05, 3.63) is 23.3 Å².